The predicted octanol–water partition coefficient (Wildman–Crippen LogP) is 1.48. The highest BCUT2D eigenvalue weighted by Gasteiger charge is 2.28. The van der Waals surface area contributed by atoms with Crippen molar-refractivity contribution in [2.24, 2.45) is 5.92 Å². The summed E-state index contributed by atoms with van der Waals surface area (Å²) in [4.78, 5) is 36.4. The summed E-state index contributed by atoms with van der Waals surface area (Å²) in [5.41, 5.74) is 0. The maximum Gasteiger partial charge on any atom is 0.310 e. The van der Waals surface area contributed by atoms with Crippen LogP contribution < -0.4 is 5.32 Å². The van der Waals surface area contributed by atoms with Crippen molar-refractivity contribution >= 4 is 17.8 Å². The molecule has 0 aromatic heterocycles. The smallest absolute Gasteiger partial charge is 0.310 e. The Morgan fingerprint density at radius 3 is 2.68 bits per heavy atom. The number of amides is 2. The quantitative estimate of drug-likeness (QED) is 0.544. The largest absolute Gasteiger partial charge is 0.466 e. The van der Waals surface area contributed by atoms with Crippen molar-refractivity contribution in [3.8, 4) is 0 Å². The van der Waals surface area contributed by atoms with Gasteiger partial charge in [0, 0.05) is 33.0 Å². The molecule has 1 heterocycles. The molecule has 0 bridgehead atoms. The van der Waals surface area contributed by atoms with Crippen LogP contribution in [0.2, 0.25) is 0 Å². The van der Waals surface area contributed by atoms with Crippen LogP contribution in [0, 0.1) is 5.92 Å². The molecule has 1 unspecified atom stereocenters. The summed E-state index contributed by atoms with van der Waals surface area (Å²) in [6.45, 7) is 5.57. The molecule has 126 valence electrons. The van der Waals surface area contributed by atoms with Gasteiger partial charge < -0.3 is 15.0 Å². The molecule has 1 aliphatic heterocycles. The van der Waals surface area contributed by atoms with Gasteiger partial charge in [-0.3, -0.25) is 14.4 Å². The van der Waals surface area contributed by atoms with Gasteiger partial charge in [0.1, 0.15) is 0 Å². The first-order valence-corrected chi connectivity index (χ1v) is 8.23. The summed E-state index contributed by atoms with van der Waals surface area (Å²) in [7, 11) is 0. The molecule has 1 fully saturated rings. The third-order valence-electron chi connectivity index (χ3n) is 3.84. The lowest BCUT2D eigenvalue weighted by atomic mass is 9.97. The Morgan fingerprint density at radius 1 is 1.23 bits per heavy atom. The second kappa shape index (κ2) is 10.2. The lowest BCUT2D eigenvalue weighted by Gasteiger charge is -2.31. The van der Waals surface area contributed by atoms with Crippen LogP contribution >= 0.6 is 0 Å². The fraction of sp³-hybridized carbons (Fsp3) is 0.812. The minimum absolute atomic E-state index is 0.0191. The second-order valence-corrected chi connectivity index (χ2v) is 5.72. The van der Waals surface area contributed by atoms with E-state index in [1.165, 1.54) is 6.92 Å². The van der Waals surface area contributed by atoms with Crippen LogP contribution in [0.4, 0.5) is 0 Å². The maximum atomic E-state index is 12.2. The van der Waals surface area contributed by atoms with E-state index in [1.807, 2.05) is 0 Å². The van der Waals surface area contributed by atoms with E-state index >= 15 is 0 Å². The van der Waals surface area contributed by atoms with Crippen LogP contribution in [-0.2, 0) is 19.1 Å². The summed E-state index contributed by atoms with van der Waals surface area (Å²) in [6, 6.07) is 0. The standard InChI is InChI=1S/C16H28N2O4/c1-3-22-16(21)14-8-7-11-18(12-14)15(20)9-5-4-6-10-17-13(2)19/h14H,3-12H2,1-2H3,(H,17,19). The van der Waals surface area contributed by atoms with E-state index in [0.29, 0.717) is 26.1 Å². The number of ether oxygens (including phenoxy) is 1. The molecular weight excluding hydrogens is 284 g/mol. The molecule has 1 aliphatic rings. The number of rotatable bonds is 8. The second-order valence-electron chi connectivity index (χ2n) is 5.72. The van der Waals surface area contributed by atoms with Crippen LogP contribution in [0.3, 0.4) is 0 Å². The van der Waals surface area contributed by atoms with E-state index in [-0.39, 0.29) is 23.7 Å². The molecule has 6 heteroatoms. The maximum absolute atomic E-state index is 12.2. The molecule has 0 aromatic rings. The summed E-state index contributed by atoms with van der Waals surface area (Å²) < 4.78 is 5.04. The van der Waals surface area contributed by atoms with Crippen LogP contribution in [-0.4, -0.2) is 48.9 Å². The van der Waals surface area contributed by atoms with E-state index in [0.717, 1.165) is 38.6 Å². The average molecular weight is 312 g/mol. The first-order chi connectivity index (χ1) is 10.5. The fourth-order valence-electron chi connectivity index (χ4n) is 2.66. The van der Waals surface area contributed by atoms with Crippen molar-refractivity contribution in [2.75, 3.05) is 26.2 Å². The van der Waals surface area contributed by atoms with E-state index in [1.54, 1.807) is 11.8 Å². The van der Waals surface area contributed by atoms with Crippen LogP contribution in [0.15, 0.2) is 0 Å². The topological polar surface area (TPSA) is 75.7 Å². The Morgan fingerprint density at radius 2 is 2.00 bits per heavy atom. The van der Waals surface area contributed by atoms with Gasteiger partial charge in [0.25, 0.3) is 0 Å². The molecule has 1 saturated heterocycles. The van der Waals surface area contributed by atoms with Gasteiger partial charge >= 0.3 is 5.97 Å². The van der Waals surface area contributed by atoms with Gasteiger partial charge in [0.05, 0.1) is 12.5 Å². The SMILES string of the molecule is CCOC(=O)C1CCCN(C(=O)CCCCCNC(C)=O)C1. The van der Waals surface area contributed by atoms with Crippen molar-refractivity contribution in [2.45, 2.75) is 52.4 Å². The van der Waals surface area contributed by atoms with Gasteiger partial charge in [-0.15, -0.1) is 0 Å². The molecule has 1 rings (SSSR count). The molecule has 0 radical (unpaired) electrons. The van der Waals surface area contributed by atoms with Crippen LogP contribution in [0.1, 0.15) is 52.4 Å². The number of esters is 1. The number of carbonyl (C=O) groups is 3. The molecule has 0 saturated carbocycles. The Bertz CT molecular complexity index is 384. The minimum Gasteiger partial charge on any atom is -0.466 e. The van der Waals surface area contributed by atoms with E-state index in [9.17, 15) is 14.4 Å². The van der Waals surface area contributed by atoms with E-state index in [4.69, 9.17) is 4.74 Å². The Labute approximate surface area is 132 Å². The zero-order valence-electron chi connectivity index (χ0n) is 13.7. The minimum atomic E-state index is -0.185. The van der Waals surface area contributed by atoms with Crippen LogP contribution in [0.25, 0.3) is 0 Å². The van der Waals surface area contributed by atoms with Crippen LogP contribution in [0.5, 0.6) is 0 Å². The third kappa shape index (κ3) is 6.91. The zero-order valence-corrected chi connectivity index (χ0v) is 13.7. The summed E-state index contributed by atoms with van der Waals surface area (Å²) in [6.07, 6.45) is 4.80. The van der Waals surface area contributed by atoms with Crippen molar-refractivity contribution in [1.29, 1.82) is 0 Å². The number of hydrogen-bond acceptors (Lipinski definition) is 4. The summed E-state index contributed by atoms with van der Waals surface area (Å²) in [5.74, 6) is -0.254. The highest BCUT2D eigenvalue weighted by Crippen LogP contribution is 2.19. The number of unbranched alkanes of at least 4 members (excludes halogenated alkanes) is 2. The monoisotopic (exact) mass is 312 g/mol. The number of piperidine rings is 1. The number of hydrogen-bond donors (Lipinski definition) is 1. The van der Waals surface area contributed by atoms with Crippen molar-refractivity contribution in [3.63, 3.8) is 0 Å². The van der Waals surface area contributed by atoms with Crippen molar-refractivity contribution in [1.82, 2.24) is 10.2 Å². The first kappa shape index (κ1) is 18.5. The first-order valence-electron chi connectivity index (χ1n) is 8.23. The molecule has 2 amide bonds. The van der Waals surface area contributed by atoms with Gasteiger partial charge in [0.2, 0.25) is 11.8 Å². The van der Waals surface area contributed by atoms with Gasteiger partial charge in [-0.1, -0.05) is 6.42 Å². The number of carbonyl (C=O) groups excluding carboxylic acids is 3. The average Bonchev–Trinajstić information content (AvgIpc) is 2.50. The zero-order chi connectivity index (χ0) is 16.4. The molecule has 22 heavy (non-hydrogen) atoms. The van der Waals surface area contributed by atoms with Gasteiger partial charge in [-0.05, 0) is 32.6 Å². The molecule has 6 nitrogen and oxygen atoms in total. The lowest BCUT2D eigenvalue weighted by Crippen LogP contribution is -2.42. The number of nitrogens with zero attached hydrogens (tertiary/aromatic N) is 1. The van der Waals surface area contributed by atoms with Crippen molar-refractivity contribution < 1.29 is 19.1 Å². The van der Waals surface area contributed by atoms with Gasteiger partial charge in [-0.25, -0.2) is 0 Å². The molecule has 0 spiro atoms. The molecule has 0 aliphatic carbocycles. The summed E-state index contributed by atoms with van der Waals surface area (Å²) >= 11 is 0. The van der Waals surface area contributed by atoms with Crippen molar-refractivity contribution in [3.05, 3.63) is 0 Å². The number of nitrogens with one attached hydrogen (secondary N) is 1. The predicted molar refractivity (Wildman–Crippen MR) is 83.1 cm³/mol. The summed E-state index contributed by atoms with van der Waals surface area (Å²) in [5, 5.41) is 2.74. The van der Waals surface area contributed by atoms with Gasteiger partial charge in [0.15, 0.2) is 0 Å². The van der Waals surface area contributed by atoms with E-state index in [2.05, 4.69) is 5.32 Å². The lowest BCUT2D eigenvalue weighted by molar-refractivity contribution is -0.151. The number of likely N-dealkylation sites (tertiary alicyclic amines) is 1. The molecule has 1 atom stereocenters. The highest BCUT2D eigenvalue weighted by molar-refractivity contribution is 5.78. The van der Waals surface area contributed by atoms with E-state index < -0.39 is 0 Å². The molecule has 0 aromatic carbocycles. The Kier molecular flexibility index (Phi) is 8.55. The Balaban J connectivity index is 2.21. The molecule has 1 N–H and O–H groups in total. The molecular formula is C16H28N2O4. The third-order valence-corrected chi connectivity index (χ3v) is 3.84. The Hall–Kier alpha value is -1.59. The van der Waals surface area contributed by atoms with Gasteiger partial charge in [-0.2, -0.15) is 0 Å². The highest BCUT2D eigenvalue weighted by atomic mass is 16.5. The fourth-order valence-corrected chi connectivity index (χ4v) is 2.66. The normalized spacial score (nSPS) is 17.9.